The lowest BCUT2D eigenvalue weighted by atomic mass is 10.2. The van der Waals surface area contributed by atoms with E-state index >= 15 is 0 Å². The van der Waals surface area contributed by atoms with E-state index in [2.05, 4.69) is 5.32 Å². The number of carboxylic acids is 1. The molecule has 80 valence electrons. The quantitative estimate of drug-likeness (QED) is 0.582. The monoisotopic (exact) mass is 201 g/mol. The van der Waals surface area contributed by atoms with Crippen LogP contribution in [-0.2, 0) is 14.4 Å². The van der Waals surface area contributed by atoms with Crippen molar-refractivity contribution < 1.29 is 19.5 Å². The van der Waals surface area contributed by atoms with E-state index in [0.717, 1.165) is 0 Å². The molecule has 0 saturated heterocycles. The minimum atomic E-state index is -0.872. The molecule has 0 aromatic carbocycles. The van der Waals surface area contributed by atoms with Crippen LogP contribution in [0.5, 0.6) is 0 Å². The average Bonchev–Trinajstić information content (AvgIpc) is 2.08. The molecule has 0 aliphatic rings. The molecule has 0 saturated carbocycles. The summed E-state index contributed by atoms with van der Waals surface area (Å²) in [5, 5.41) is 10.8. The largest absolute Gasteiger partial charge is 0.481 e. The summed E-state index contributed by atoms with van der Waals surface area (Å²) in [6.07, 6.45) is 0.890. The molecule has 5 heteroatoms. The van der Waals surface area contributed by atoms with E-state index in [1.807, 2.05) is 0 Å². The third-order valence-corrected chi connectivity index (χ3v) is 1.59. The molecule has 0 spiro atoms. The molecule has 0 aliphatic heterocycles. The third kappa shape index (κ3) is 8.70. The highest BCUT2D eigenvalue weighted by molar-refractivity contribution is 5.83. The second-order valence-electron chi connectivity index (χ2n) is 3.05. The minimum absolute atomic E-state index is 0.0225. The van der Waals surface area contributed by atoms with Gasteiger partial charge >= 0.3 is 5.97 Å². The molecule has 0 bridgehead atoms. The molecular weight excluding hydrogens is 186 g/mol. The van der Waals surface area contributed by atoms with Gasteiger partial charge in [-0.2, -0.15) is 0 Å². The molecule has 0 aromatic heterocycles. The number of amides is 1. The molecule has 2 N–H and O–H groups in total. The number of carbonyl (C=O) groups is 3. The van der Waals surface area contributed by atoms with Gasteiger partial charge in [0, 0.05) is 25.8 Å². The van der Waals surface area contributed by atoms with Gasteiger partial charge in [-0.05, 0) is 13.3 Å². The van der Waals surface area contributed by atoms with Gasteiger partial charge < -0.3 is 15.2 Å². The molecule has 1 amide bonds. The fraction of sp³-hybridized carbons (Fsp3) is 0.667. The van der Waals surface area contributed by atoms with E-state index in [1.54, 1.807) is 0 Å². The standard InChI is InChI=1S/C9H15NO4/c1-7(11)4-5-8(12)10-6-2-3-9(13)14/h2-6H2,1H3,(H,10,12)(H,13,14). The third-order valence-electron chi connectivity index (χ3n) is 1.59. The second kappa shape index (κ2) is 7.06. The Labute approximate surface area is 82.5 Å². The number of ketones is 1. The van der Waals surface area contributed by atoms with Crippen molar-refractivity contribution in [3.8, 4) is 0 Å². The van der Waals surface area contributed by atoms with Crippen LogP contribution in [0.4, 0.5) is 0 Å². The summed E-state index contributed by atoms with van der Waals surface area (Å²) >= 11 is 0. The Morgan fingerprint density at radius 2 is 1.79 bits per heavy atom. The summed E-state index contributed by atoms with van der Waals surface area (Å²) in [6.45, 7) is 1.78. The topological polar surface area (TPSA) is 83.5 Å². The zero-order chi connectivity index (χ0) is 11.0. The summed E-state index contributed by atoms with van der Waals surface area (Å²) in [6, 6.07) is 0. The molecule has 0 aliphatic carbocycles. The first kappa shape index (κ1) is 12.6. The summed E-state index contributed by atoms with van der Waals surface area (Å²) in [7, 11) is 0. The predicted octanol–water partition coefficient (Wildman–Crippen LogP) is 0.337. The molecule has 0 unspecified atom stereocenters. The zero-order valence-electron chi connectivity index (χ0n) is 8.21. The summed E-state index contributed by atoms with van der Waals surface area (Å²) in [4.78, 5) is 31.6. The molecule has 0 rings (SSSR count). The predicted molar refractivity (Wildman–Crippen MR) is 49.8 cm³/mol. The highest BCUT2D eigenvalue weighted by Gasteiger charge is 2.03. The van der Waals surface area contributed by atoms with Crippen LogP contribution in [0, 0.1) is 0 Å². The number of nitrogens with one attached hydrogen (secondary N) is 1. The molecule has 0 heterocycles. The van der Waals surface area contributed by atoms with Crippen LogP contribution in [0.2, 0.25) is 0 Å². The zero-order valence-corrected chi connectivity index (χ0v) is 8.21. The number of hydrogen-bond acceptors (Lipinski definition) is 3. The Morgan fingerprint density at radius 3 is 2.29 bits per heavy atom. The lowest BCUT2D eigenvalue weighted by molar-refractivity contribution is -0.137. The molecule has 0 atom stereocenters. The summed E-state index contributed by atoms with van der Waals surface area (Å²) in [5.74, 6) is -1.10. The first-order valence-corrected chi connectivity index (χ1v) is 4.50. The van der Waals surface area contributed by atoms with Crippen LogP contribution < -0.4 is 5.32 Å². The Morgan fingerprint density at radius 1 is 1.14 bits per heavy atom. The molecule has 5 nitrogen and oxygen atoms in total. The molecule has 14 heavy (non-hydrogen) atoms. The highest BCUT2D eigenvalue weighted by atomic mass is 16.4. The fourth-order valence-electron chi connectivity index (χ4n) is 0.845. The van der Waals surface area contributed by atoms with E-state index in [-0.39, 0.29) is 31.0 Å². The molecule has 0 fully saturated rings. The minimum Gasteiger partial charge on any atom is -0.481 e. The molecular formula is C9H15NO4. The van der Waals surface area contributed by atoms with Crippen LogP contribution in [0.3, 0.4) is 0 Å². The van der Waals surface area contributed by atoms with E-state index in [1.165, 1.54) is 6.92 Å². The number of rotatable bonds is 7. The van der Waals surface area contributed by atoms with Gasteiger partial charge in [-0.1, -0.05) is 0 Å². The van der Waals surface area contributed by atoms with Gasteiger partial charge in [-0.25, -0.2) is 0 Å². The van der Waals surface area contributed by atoms with Crippen LogP contribution in [0.1, 0.15) is 32.6 Å². The Kier molecular flexibility index (Phi) is 6.36. The van der Waals surface area contributed by atoms with Crippen molar-refractivity contribution in [1.82, 2.24) is 5.32 Å². The van der Waals surface area contributed by atoms with Gasteiger partial charge in [0.25, 0.3) is 0 Å². The smallest absolute Gasteiger partial charge is 0.303 e. The van der Waals surface area contributed by atoms with Crippen LogP contribution in [0.15, 0.2) is 0 Å². The average molecular weight is 201 g/mol. The second-order valence-corrected chi connectivity index (χ2v) is 3.05. The van der Waals surface area contributed by atoms with Crippen molar-refractivity contribution in [1.29, 1.82) is 0 Å². The van der Waals surface area contributed by atoms with E-state index in [4.69, 9.17) is 5.11 Å². The maximum atomic E-state index is 11.0. The Balaban J connectivity index is 3.36. The van der Waals surface area contributed by atoms with Crippen molar-refractivity contribution in [3.05, 3.63) is 0 Å². The Hall–Kier alpha value is -1.39. The van der Waals surface area contributed by atoms with Gasteiger partial charge in [0.15, 0.2) is 0 Å². The fourth-order valence-corrected chi connectivity index (χ4v) is 0.845. The van der Waals surface area contributed by atoms with Crippen molar-refractivity contribution in [2.75, 3.05) is 6.54 Å². The summed E-state index contributed by atoms with van der Waals surface area (Å²) in [5.41, 5.74) is 0. The first-order valence-electron chi connectivity index (χ1n) is 4.50. The van der Waals surface area contributed by atoms with Crippen LogP contribution in [0.25, 0.3) is 0 Å². The van der Waals surface area contributed by atoms with Gasteiger partial charge in [-0.3, -0.25) is 9.59 Å². The van der Waals surface area contributed by atoms with E-state index < -0.39 is 5.97 Å². The first-order chi connectivity index (χ1) is 6.52. The van der Waals surface area contributed by atoms with Crippen molar-refractivity contribution in [2.24, 2.45) is 0 Å². The number of aliphatic carboxylic acids is 1. The van der Waals surface area contributed by atoms with Gasteiger partial charge in [-0.15, -0.1) is 0 Å². The number of Topliss-reactive ketones (excluding diaryl/α,β-unsaturated/α-hetero) is 1. The van der Waals surface area contributed by atoms with E-state index in [9.17, 15) is 14.4 Å². The van der Waals surface area contributed by atoms with Gasteiger partial charge in [0.1, 0.15) is 5.78 Å². The summed E-state index contributed by atoms with van der Waals surface area (Å²) < 4.78 is 0. The van der Waals surface area contributed by atoms with Crippen molar-refractivity contribution in [2.45, 2.75) is 32.6 Å². The molecule has 0 aromatic rings. The van der Waals surface area contributed by atoms with E-state index in [0.29, 0.717) is 13.0 Å². The van der Waals surface area contributed by atoms with Crippen molar-refractivity contribution >= 4 is 17.7 Å². The SMILES string of the molecule is CC(=O)CCC(=O)NCCCC(=O)O. The number of carbonyl (C=O) groups excluding carboxylic acids is 2. The van der Waals surface area contributed by atoms with Crippen LogP contribution in [-0.4, -0.2) is 29.3 Å². The number of hydrogen-bond donors (Lipinski definition) is 2. The van der Waals surface area contributed by atoms with Crippen LogP contribution >= 0.6 is 0 Å². The van der Waals surface area contributed by atoms with Crippen molar-refractivity contribution in [3.63, 3.8) is 0 Å². The highest BCUT2D eigenvalue weighted by Crippen LogP contribution is 1.91. The van der Waals surface area contributed by atoms with Gasteiger partial charge in [0.2, 0.25) is 5.91 Å². The van der Waals surface area contributed by atoms with Gasteiger partial charge in [0.05, 0.1) is 0 Å². The Bertz CT molecular complexity index is 225. The lowest BCUT2D eigenvalue weighted by Crippen LogP contribution is -2.25. The molecule has 0 radical (unpaired) electrons. The number of carboxylic acid groups (broad SMARTS) is 1. The maximum Gasteiger partial charge on any atom is 0.303 e. The maximum absolute atomic E-state index is 11.0. The normalized spacial score (nSPS) is 9.50. The lowest BCUT2D eigenvalue weighted by Gasteiger charge is -2.02.